The summed E-state index contributed by atoms with van der Waals surface area (Å²) >= 11 is 7.22. The van der Waals surface area contributed by atoms with Gasteiger partial charge in [-0.3, -0.25) is 10.0 Å². The van der Waals surface area contributed by atoms with E-state index in [9.17, 15) is 4.79 Å². The zero-order valence-electron chi connectivity index (χ0n) is 11.6. The molecule has 22 heavy (non-hydrogen) atoms. The summed E-state index contributed by atoms with van der Waals surface area (Å²) in [7, 11) is 0. The lowest BCUT2D eigenvalue weighted by molar-refractivity contribution is 0.257. The number of rotatable bonds is 3. The van der Waals surface area contributed by atoms with Crippen LogP contribution in [0.3, 0.4) is 0 Å². The fourth-order valence-corrected chi connectivity index (χ4v) is 2.67. The standard InChI is InChI=1S/C15H12ClN3O2S/c1-9-6-7-10(8-12(9)16)22-19-15(20)17-14-11-4-2-3-5-13(11)21-18-14/h2-8H,1H3,(H2,17,18,19,20). The fourth-order valence-electron chi connectivity index (χ4n) is 1.85. The predicted octanol–water partition coefficient (Wildman–Crippen LogP) is 4.62. The number of benzene rings is 2. The van der Waals surface area contributed by atoms with Gasteiger partial charge in [0.05, 0.1) is 5.39 Å². The first kappa shape index (κ1) is 14.7. The van der Waals surface area contributed by atoms with Crippen molar-refractivity contribution in [2.75, 3.05) is 5.32 Å². The Morgan fingerprint density at radius 1 is 1.27 bits per heavy atom. The van der Waals surface area contributed by atoms with Gasteiger partial charge in [-0.05, 0) is 48.7 Å². The number of nitrogens with zero attached hydrogens (tertiary/aromatic N) is 1. The Morgan fingerprint density at radius 2 is 2.09 bits per heavy atom. The summed E-state index contributed by atoms with van der Waals surface area (Å²) in [4.78, 5) is 12.8. The number of carbonyl (C=O) groups excluding carboxylic acids is 1. The van der Waals surface area contributed by atoms with Crippen molar-refractivity contribution in [2.45, 2.75) is 11.8 Å². The summed E-state index contributed by atoms with van der Waals surface area (Å²) in [5, 5.41) is 7.90. The highest BCUT2D eigenvalue weighted by atomic mass is 35.5. The maximum absolute atomic E-state index is 11.9. The molecular formula is C15H12ClN3O2S. The maximum atomic E-state index is 11.9. The van der Waals surface area contributed by atoms with Crippen LogP contribution in [0.25, 0.3) is 11.0 Å². The molecule has 5 nitrogen and oxygen atoms in total. The monoisotopic (exact) mass is 333 g/mol. The van der Waals surface area contributed by atoms with Crippen molar-refractivity contribution >= 4 is 46.4 Å². The number of nitrogens with one attached hydrogen (secondary N) is 2. The van der Waals surface area contributed by atoms with Crippen LogP contribution in [0, 0.1) is 6.92 Å². The average molecular weight is 334 g/mol. The first-order valence-electron chi connectivity index (χ1n) is 6.48. The summed E-state index contributed by atoms with van der Waals surface area (Å²) in [6, 6.07) is 12.5. The van der Waals surface area contributed by atoms with Gasteiger partial charge in [-0.25, -0.2) is 4.79 Å². The Labute approximate surface area is 136 Å². The van der Waals surface area contributed by atoms with Crippen LogP contribution in [-0.2, 0) is 0 Å². The van der Waals surface area contributed by atoms with Crippen LogP contribution in [0.2, 0.25) is 5.02 Å². The second-order valence-electron chi connectivity index (χ2n) is 4.60. The Bertz CT molecular complexity index is 835. The van der Waals surface area contributed by atoms with Gasteiger partial charge in [0.15, 0.2) is 11.4 Å². The molecule has 0 saturated heterocycles. The van der Waals surface area contributed by atoms with Gasteiger partial charge in [0, 0.05) is 9.92 Å². The average Bonchev–Trinajstić information content (AvgIpc) is 2.92. The largest absolute Gasteiger partial charge is 0.354 e. The number of aryl methyl sites for hydroxylation is 1. The normalized spacial score (nSPS) is 10.6. The summed E-state index contributed by atoms with van der Waals surface area (Å²) < 4.78 is 7.80. The lowest BCUT2D eigenvalue weighted by atomic mass is 10.2. The van der Waals surface area contributed by atoms with Crippen molar-refractivity contribution in [3.8, 4) is 0 Å². The minimum absolute atomic E-state index is 0.385. The second-order valence-corrected chi connectivity index (χ2v) is 5.88. The van der Waals surface area contributed by atoms with Gasteiger partial charge in [-0.2, -0.15) is 0 Å². The molecule has 2 N–H and O–H groups in total. The van der Waals surface area contributed by atoms with E-state index in [-0.39, 0.29) is 6.03 Å². The molecule has 2 amide bonds. The SMILES string of the molecule is Cc1ccc(SNC(=O)Nc2noc3ccccc23)cc1Cl. The molecule has 0 bridgehead atoms. The van der Waals surface area contributed by atoms with Gasteiger partial charge in [-0.15, -0.1) is 0 Å². The van der Waals surface area contributed by atoms with Gasteiger partial charge in [-0.1, -0.05) is 35.0 Å². The molecule has 0 unspecified atom stereocenters. The van der Waals surface area contributed by atoms with E-state index in [0.29, 0.717) is 16.4 Å². The van der Waals surface area contributed by atoms with E-state index in [4.69, 9.17) is 16.1 Å². The van der Waals surface area contributed by atoms with Crippen LogP contribution in [0.4, 0.5) is 10.6 Å². The van der Waals surface area contributed by atoms with Gasteiger partial charge < -0.3 is 4.52 Å². The second kappa shape index (κ2) is 6.29. The molecular weight excluding hydrogens is 322 g/mol. The number of hydrogen-bond donors (Lipinski definition) is 2. The van der Waals surface area contributed by atoms with Gasteiger partial charge >= 0.3 is 6.03 Å². The van der Waals surface area contributed by atoms with Crippen molar-refractivity contribution in [1.82, 2.24) is 9.88 Å². The summed E-state index contributed by atoms with van der Waals surface area (Å²) in [6.45, 7) is 1.92. The van der Waals surface area contributed by atoms with Gasteiger partial charge in [0.1, 0.15) is 0 Å². The molecule has 2 aromatic carbocycles. The van der Waals surface area contributed by atoms with E-state index < -0.39 is 0 Å². The number of para-hydroxylation sites is 1. The number of halogens is 1. The summed E-state index contributed by atoms with van der Waals surface area (Å²) in [5.41, 5.74) is 1.61. The molecule has 1 heterocycles. The minimum atomic E-state index is -0.388. The first-order valence-corrected chi connectivity index (χ1v) is 7.67. The third-order valence-electron chi connectivity index (χ3n) is 3.01. The Kier molecular flexibility index (Phi) is 4.22. The third kappa shape index (κ3) is 3.18. The molecule has 112 valence electrons. The zero-order chi connectivity index (χ0) is 15.5. The van der Waals surface area contributed by atoms with Crippen molar-refractivity contribution in [1.29, 1.82) is 0 Å². The van der Waals surface area contributed by atoms with Gasteiger partial charge in [0.2, 0.25) is 0 Å². The summed E-state index contributed by atoms with van der Waals surface area (Å²) in [5.74, 6) is 0.385. The molecule has 0 fully saturated rings. The number of amides is 2. The van der Waals surface area contributed by atoms with Gasteiger partial charge in [0.25, 0.3) is 0 Å². The van der Waals surface area contributed by atoms with E-state index in [0.717, 1.165) is 15.8 Å². The van der Waals surface area contributed by atoms with Crippen LogP contribution >= 0.6 is 23.5 Å². The Hall–Kier alpha value is -2.18. The van der Waals surface area contributed by atoms with Crippen molar-refractivity contribution in [2.24, 2.45) is 0 Å². The van der Waals surface area contributed by atoms with E-state index in [2.05, 4.69) is 15.2 Å². The van der Waals surface area contributed by atoms with Crippen LogP contribution < -0.4 is 10.0 Å². The van der Waals surface area contributed by atoms with E-state index in [1.165, 1.54) is 11.9 Å². The van der Waals surface area contributed by atoms with Crippen LogP contribution in [0.5, 0.6) is 0 Å². The molecule has 0 aliphatic rings. The molecule has 0 saturated carbocycles. The molecule has 7 heteroatoms. The molecule has 0 aliphatic heterocycles. The molecule has 1 aromatic heterocycles. The van der Waals surface area contributed by atoms with Crippen LogP contribution in [0.1, 0.15) is 5.56 Å². The molecule has 3 aromatic rings. The number of aromatic nitrogens is 1. The highest BCUT2D eigenvalue weighted by molar-refractivity contribution is 7.98. The molecule has 3 rings (SSSR count). The van der Waals surface area contributed by atoms with E-state index >= 15 is 0 Å². The maximum Gasteiger partial charge on any atom is 0.330 e. The van der Waals surface area contributed by atoms with E-state index in [1.807, 2.05) is 37.3 Å². The molecule has 0 spiro atoms. The summed E-state index contributed by atoms with van der Waals surface area (Å²) in [6.07, 6.45) is 0. The number of fused-ring (bicyclic) bond motifs is 1. The number of hydrogen-bond acceptors (Lipinski definition) is 4. The quantitative estimate of drug-likeness (QED) is 0.686. The first-order chi connectivity index (χ1) is 10.6. The Balaban J connectivity index is 1.64. The molecule has 0 atom stereocenters. The highest BCUT2D eigenvalue weighted by Crippen LogP contribution is 2.24. The fraction of sp³-hybridized carbons (Fsp3) is 0.0667. The topological polar surface area (TPSA) is 67.2 Å². The number of anilines is 1. The highest BCUT2D eigenvalue weighted by Gasteiger charge is 2.10. The Morgan fingerprint density at radius 3 is 2.91 bits per heavy atom. The number of urea groups is 1. The molecule has 0 radical (unpaired) electrons. The lowest BCUT2D eigenvalue weighted by Crippen LogP contribution is -2.22. The van der Waals surface area contributed by atoms with Crippen LogP contribution in [-0.4, -0.2) is 11.2 Å². The van der Waals surface area contributed by atoms with E-state index in [1.54, 1.807) is 12.1 Å². The minimum Gasteiger partial charge on any atom is -0.354 e. The van der Waals surface area contributed by atoms with Crippen molar-refractivity contribution in [3.05, 3.63) is 53.1 Å². The predicted molar refractivity (Wildman–Crippen MR) is 88.2 cm³/mol. The smallest absolute Gasteiger partial charge is 0.330 e. The number of carbonyl (C=O) groups is 1. The van der Waals surface area contributed by atoms with Crippen LogP contribution in [0.15, 0.2) is 51.9 Å². The van der Waals surface area contributed by atoms with Crippen molar-refractivity contribution in [3.63, 3.8) is 0 Å². The lowest BCUT2D eigenvalue weighted by Gasteiger charge is -2.06. The van der Waals surface area contributed by atoms with Crippen molar-refractivity contribution < 1.29 is 9.32 Å². The zero-order valence-corrected chi connectivity index (χ0v) is 13.2. The third-order valence-corrected chi connectivity index (χ3v) is 4.20. The molecule has 0 aliphatic carbocycles.